The third-order valence-corrected chi connectivity index (χ3v) is 4.04. The van der Waals surface area contributed by atoms with Gasteiger partial charge in [0.25, 0.3) is 0 Å². The van der Waals surface area contributed by atoms with E-state index in [1.807, 2.05) is 6.92 Å². The van der Waals surface area contributed by atoms with Crippen molar-refractivity contribution in [2.75, 3.05) is 25.0 Å². The van der Waals surface area contributed by atoms with Crippen LogP contribution in [0.5, 0.6) is 0 Å². The zero-order chi connectivity index (χ0) is 17.5. The first-order chi connectivity index (χ1) is 11.5. The topological polar surface area (TPSA) is 61.4 Å². The van der Waals surface area contributed by atoms with Gasteiger partial charge in [-0.3, -0.25) is 4.79 Å². The molecule has 1 aromatic carbocycles. The summed E-state index contributed by atoms with van der Waals surface area (Å²) in [5.74, 6) is -1.10. The molecule has 1 heterocycles. The predicted molar refractivity (Wildman–Crippen MR) is 87.6 cm³/mol. The number of likely N-dealkylation sites (tertiary alicyclic amines) is 1. The summed E-state index contributed by atoms with van der Waals surface area (Å²) in [6.07, 6.45) is 3.03. The molecule has 24 heavy (non-hydrogen) atoms. The Kier molecular flexibility index (Phi) is 6.52. The molecule has 1 atom stereocenters. The molecule has 1 saturated heterocycles. The lowest BCUT2D eigenvalue weighted by Gasteiger charge is -2.32. The fourth-order valence-electron chi connectivity index (χ4n) is 2.78. The second-order valence-electron chi connectivity index (χ2n) is 6.06. The molecule has 0 aliphatic carbocycles. The van der Waals surface area contributed by atoms with Crippen molar-refractivity contribution < 1.29 is 18.4 Å². The summed E-state index contributed by atoms with van der Waals surface area (Å²) in [5.41, 5.74) is -0.168. The third-order valence-electron chi connectivity index (χ3n) is 4.04. The molecule has 5 nitrogen and oxygen atoms in total. The van der Waals surface area contributed by atoms with Crippen LogP contribution >= 0.6 is 0 Å². The Morgan fingerprint density at radius 2 is 2.12 bits per heavy atom. The largest absolute Gasteiger partial charge is 0.356 e. The number of benzene rings is 1. The van der Waals surface area contributed by atoms with Gasteiger partial charge < -0.3 is 15.5 Å². The smallest absolute Gasteiger partial charge is 0.321 e. The monoisotopic (exact) mass is 339 g/mol. The highest BCUT2D eigenvalue weighted by Crippen LogP contribution is 2.19. The summed E-state index contributed by atoms with van der Waals surface area (Å²) < 4.78 is 26.8. The van der Waals surface area contributed by atoms with E-state index in [4.69, 9.17) is 0 Å². The van der Waals surface area contributed by atoms with E-state index in [1.165, 1.54) is 0 Å². The maximum Gasteiger partial charge on any atom is 0.321 e. The summed E-state index contributed by atoms with van der Waals surface area (Å²) in [5, 5.41) is 5.28. The summed E-state index contributed by atoms with van der Waals surface area (Å²) in [7, 11) is 0. The zero-order valence-electron chi connectivity index (χ0n) is 13.8. The normalized spacial score (nSPS) is 17.5. The molecule has 1 fully saturated rings. The Bertz CT molecular complexity index is 595. The van der Waals surface area contributed by atoms with Crippen LogP contribution in [0.4, 0.5) is 19.3 Å². The number of hydrogen-bond acceptors (Lipinski definition) is 2. The summed E-state index contributed by atoms with van der Waals surface area (Å²) in [6.45, 7) is 3.51. The van der Waals surface area contributed by atoms with Crippen LogP contribution in [-0.2, 0) is 4.79 Å². The van der Waals surface area contributed by atoms with Crippen LogP contribution < -0.4 is 10.6 Å². The van der Waals surface area contributed by atoms with Crippen molar-refractivity contribution in [1.82, 2.24) is 10.2 Å². The van der Waals surface area contributed by atoms with Crippen molar-refractivity contribution in [2.45, 2.75) is 32.6 Å². The van der Waals surface area contributed by atoms with Crippen LogP contribution in [0.2, 0.25) is 0 Å². The highest BCUT2D eigenvalue weighted by atomic mass is 19.1. The minimum absolute atomic E-state index is 0.0147. The van der Waals surface area contributed by atoms with E-state index >= 15 is 0 Å². The van der Waals surface area contributed by atoms with Crippen LogP contribution in [0.15, 0.2) is 18.2 Å². The highest BCUT2D eigenvalue weighted by Gasteiger charge is 2.24. The van der Waals surface area contributed by atoms with Crippen molar-refractivity contribution in [2.24, 2.45) is 5.92 Å². The number of carbonyl (C=O) groups excluding carboxylic acids is 2. The average molecular weight is 339 g/mol. The SMILES string of the molecule is CCCC(=O)NC[C@@H]1CCCN(C(=O)Nc2cc(F)ccc2F)C1. The molecule has 0 aromatic heterocycles. The molecule has 1 aliphatic rings. The number of urea groups is 1. The number of hydrogen-bond donors (Lipinski definition) is 2. The van der Waals surface area contributed by atoms with Gasteiger partial charge in [0.1, 0.15) is 11.6 Å². The number of nitrogens with zero attached hydrogens (tertiary/aromatic N) is 1. The molecule has 0 spiro atoms. The minimum Gasteiger partial charge on any atom is -0.356 e. The number of amides is 3. The van der Waals surface area contributed by atoms with Gasteiger partial charge in [0, 0.05) is 32.1 Å². The Morgan fingerprint density at radius 1 is 1.33 bits per heavy atom. The number of rotatable bonds is 5. The van der Waals surface area contributed by atoms with Crippen molar-refractivity contribution in [1.29, 1.82) is 0 Å². The first-order valence-electron chi connectivity index (χ1n) is 8.27. The summed E-state index contributed by atoms with van der Waals surface area (Å²) in [6, 6.07) is 2.48. The first kappa shape index (κ1) is 18.2. The van der Waals surface area contributed by atoms with Gasteiger partial charge in [0.05, 0.1) is 5.69 Å². The second kappa shape index (κ2) is 8.61. The van der Waals surface area contributed by atoms with Gasteiger partial charge in [-0.15, -0.1) is 0 Å². The van der Waals surface area contributed by atoms with Gasteiger partial charge in [0.15, 0.2) is 0 Å². The van der Waals surface area contributed by atoms with Crippen molar-refractivity contribution in [3.63, 3.8) is 0 Å². The molecule has 0 saturated carbocycles. The zero-order valence-corrected chi connectivity index (χ0v) is 13.8. The molecule has 0 unspecified atom stereocenters. The van der Waals surface area contributed by atoms with E-state index in [-0.39, 0.29) is 17.5 Å². The molecule has 2 N–H and O–H groups in total. The van der Waals surface area contributed by atoms with Crippen LogP contribution in [0, 0.1) is 17.6 Å². The maximum atomic E-state index is 13.6. The number of halogens is 2. The summed E-state index contributed by atoms with van der Waals surface area (Å²) in [4.78, 5) is 25.4. The van der Waals surface area contributed by atoms with Crippen LogP contribution in [0.25, 0.3) is 0 Å². The minimum atomic E-state index is -0.676. The number of piperidine rings is 1. The van der Waals surface area contributed by atoms with Crippen LogP contribution in [0.1, 0.15) is 32.6 Å². The van der Waals surface area contributed by atoms with E-state index in [9.17, 15) is 18.4 Å². The molecule has 132 valence electrons. The Hall–Kier alpha value is -2.18. The number of carbonyl (C=O) groups is 2. The first-order valence-corrected chi connectivity index (χ1v) is 8.27. The van der Waals surface area contributed by atoms with Gasteiger partial charge in [0.2, 0.25) is 5.91 Å². The Balaban J connectivity index is 1.88. The van der Waals surface area contributed by atoms with Gasteiger partial charge in [-0.1, -0.05) is 6.92 Å². The average Bonchev–Trinajstić information content (AvgIpc) is 2.57. The standard InChI is InChI=1S/C17H23F2N3O2/c1-2-4-16(23)20-10-12-5-3-8-22(11-12)17(24)21-15-9-13(18)6-7-14(15)19/h6-7,9,12H,2-5,8,10-11H2,1H3,(H,20,23)(H,21,24)/t12-/m0/s1. The van der Waals surface area contributed by atoms with Crippen molar-refractivity contribution in [3.05, 3.63) is 29.8 Å². The Labute approximate surface area is 140 Å². The van der Waals surface area contributed by atoms with Gasteiger partial charge in [-0.05, 0) is 37.3 Å². The van der Waals surface area contributed by atoms with E-state index in [2.05, 4.69) is 10.6 Å². The van der Waals surface area contributed by atoms with Gasteiger partial charge in [-0.25, -0.2) is 13.6 Å². The molecule has 0 bridgehead atoms. The molecule has 2 rings (SSSR count). The predicted octanol–water partition coefficient (Wildman–Crippen LogP) is 3.13. The molecule has 1 aromatic rings. The quantitative estimate of drug-likeness (QED) is 0.866. The van der Waals surface area contributed by atoms with Crippen LogP contribution in [-0.4, -0.2) is 36.5 Å². The fraction of sp³-hybridized carbons (Fsp3) is 0.529. The Morgan fingerprint density at radius 3 is 2.88 bits per heavy atom. The molecule has 0 radical (unpaired) electrons. The van der Waals surface area contributed by atoms with Gasteiger partial charge >= 0.3 is 6.03 Å². The van der Waals surface area contributed by atoms with E-state index < -0.39 is 17.7 Å². The lowest BCUT2D eigenvalue weighted by atomic mass is 9.98. The fourth-order valence-corrected chi connectivity index (χ4v) is 2.78. The highest BCUT2D eigenvalue weighted by molar-refractivity contribution is 5.89. The second-order valence-corrected chi connectivity index (χ2v) is 6.06. The van der Waals surface area contributed by atoms with Gasteiger partial charge in [-0.2, -0.15) is 0 Å². The molecular weight excluding hydrogens is 316 g/mol. The maximum absolute atomic E-state index is 13.6. The lowest BCUT2D eigenvalue weighted by molar-refractivity contribution is -0.121. The van der Waals surface area contributed by atoms with E-state index in [0.717, 1.165) is 37.5 Å². The van der Waals surface area contributed by atoms with E-state index in [1.54, 1.807) is 4.90 Å². The van der Waals surface area contributed by atoms with E-state index in [0.29, 0.717) is 26.1 Å². The lowest BCUT2D eigenvalue weighted by Crippen LogP contribution is -2.45. The third kappa shape index (κ3) is 5.18. The summed E-state index contributed by atoms with van der Waals surface area (Å²) >= 11 is 0. The molecule has 7 heteroatoms. The molecular formula is C17H23F2N3O2. The van der Waals surface area contributed by atoms with Crippen molar-refractivity contribution >= 4 is 17.6 Å². The molecule has 1 aliphatic heterocycles. The van der Waals surface area contributed by atoms with Crippen LogP contribution in [0.3, 0.4) is 0 Å². The number of anilines is 1. The van der Waals surface area contributed by atoms with Crippen molar-refractivity contribution in [3.8, 4) is 0 Å². The molecule has 3 amide bonds. The number of nitrogens with one attached hydrogen (secondary N) is 2.